The molecule has 0 fully saturated rings. The number of hydrogen-bond donors (Lipinski definition) is 1. The number of rotatable bonds is 4. The summed E-state index contributed by atoms with van der Waals surface area (Å²) in [5.41, 5.74) is 2.49. The molecule has 2 aromatic heterocycles. The number of hydrogen-bond acceptors (Lipinski definition) is 5. The van der Waals surface area contributed by atoms with Crippen LogP contribution in [0.2, 0.25) is 0 Å². The van der Waals surface area contributed by atoms with Gasteiger partial charge in [-0.3, -0.25) is 24.9 Å². The van der Waals surface area contributed by atoms with Crippen molar-refractivity contribution < 1.29 is 4.92 Å². The summed E-state index contributed by atoms with van der Waals surface area (Å²) in [4.78, 5) is 28.0. The number of non-ortho nitro benzene ring substituents is 1. The normalized spacial score (nSPS) is 11.0. The minimum atomic E-state index is -0.468. The molecule has 0 bridgehead atoms. The zero-order chi connectivity index (χ0) is 21.4. The molecule has 2 aromatic carbocycles. The van der Waals surface area contributed by atoms with Gasteiger partial charge in [0.15, 0.2) is 0 Å². The van der Waals surface area contributed by atoms with E-state index in [1.165, 1.54) is 16.7 Å². The molecule has 0 atom stereocenters. The first-order valence-corrected chi connectivity index (χ1v) is 9.31. The minimum Gasteiger partial charge on any atom is -0.306 e. The van der Waals surface area contributed by atoms with Gasteiger partial charge in [-0.2, -0.15) is 0 Å². The zero-order valence-corrected chi connectivity index (χ0v) is 16.5. The molecule has 0 amide bonds. The van der Waals surface area contributed by atoms with E-state index < -0.39 is 4.92 Å². The van der Waals surface area contributed by atoms with E-state index in [2.05, 4.69) is 4.98 Å². The van der Waals surface area contributed by atoms with Crippen LogP contribution in [0.4, 0.5) is 5.69 Å². The number of benzene rings is 2. The molecule has 0 saturated heterocycles. The van der Waals surface area contributed by atoms with Gasteiger partial charge in [0.05, 0.1) is 16.9 Å². The highest BCUT2D eigenvalue weighted by Gasteiger charge is 2.15. The molecule has 0 spiro atoms. The van der Waals surface area contributed by atoms with Gasteiger partial charge in [0.1, 0.15) is 17.0 Å². The summed E-state index contributed by atoms with van der Waals surface area (Å²) in [7, 11) is 1.66. The summed E-state index contributed by atoms with van der Waals surface area (Å²) >= 11 is 0. The smallest absolute Gasteiger partial charge is 0.269 e. The second-order valence-electron chi connectivity index (χ2n) is 7.04. The number of nitro groups is 1. The Morgan fingerprint density at radius 2 is 1.77 bits per heavy atom. The molecule has 0 saturated carbocycles. The molecule has 1 N–H and O–H groups in total. The molecule has 0 aliphatic carbocycles. The zero-order valence-electron chi connectivity index (χ0n) is 16.5. The number of pyridine rings is 1. The summed E-state index contributed by atoms with van der Waals surface area (Å²) < 4.78 is 3.17. The van der Waals surface area contributed by atoms with Gasteiger partial charge in [-0.05, 0) is 36.2 Å². The molecule has 30 heavy (non-hydrogen) atoms. The first kappa shape index (κ1) is 19.3. The largest absolute Gasteiger partial charge is 0.306 e. The summed E-state index contributed by atoms with van der Waals surface area (Å²) in [5.74, 6) is 0.553. The van der Waals surface area contributed by atoms with Crippen LogP contribution in [0.5, 0.6) is 0 Å². The summed E-state index contributed by atoms with van der Waals surface area (Å²) in [5, 5.41) is 20.2. The lowest BCUT2D eigenvalue weighted by molar-refractivity contribution is -0.384. The predicted octanol–water partition coefficient (Wildman–Crippen LogP) is 3.15. The van der Waals surface area contributed by atoms with Crippen molar-refractivity contribution in [3.05, 3.63) is 98.0 Å². The maximum atomic E-state index is 13.0. The third-order valence-corrected chi connectivity index (χ3v) is 5.17. The SMILES string of the molecule is Cc1nc2c(cc(-c3ccc([N+](=O)[O-])cc3)c(=N)n2Cc2ccccc2)c(=O)n1C. The highest BCUT2D eigenvalue weighted by atomic mass is 16.6. The minimum absolute atomic E-state index is 0.0311. The standard InChI is InChI=1S/C22H19N5O3/c1-14-24-21-19(22(28)25(14)2)12-18(16-8-10-17(11-9-16)27(29)30)20(23)26(21)13-15-6-4-3-5-7-15/h3-12,23H,13H2,1-2H3. The summed E-state index contributed by atoms with van der Waals surface area (Å²) in [6.45, 7) is 2.12. The van der Waals surface area contributed by atoms with E-state index in [9.17, 15) is 14.9 Å². The van der Waals surface area contributed by atoms with E-state index in [0.717, 1.165) is 5.56 Å². The monoisotopic (exact) mass is 401 g/mol. The fourth-order valence-electron chi connectivity index (χ4n) is 3.41. The highest BCUT2D eigenvalue weighted by molar-refractivity contribution is 5.81. The van der Waals surface area contributed by atoms with Crippen LogP contribution in [-0.4, -0.2) is 19.0 Å². The van der Waals surface area contributed by atoms with E-state index in [-0.39, 0.29) is 16.7 Å². The lowest BCUT2D eigenvalue weighted by atomic mass is 10.0. The van der Waals surface area contributed by atoms with E-state index in [1.807, 2.05) is 30.3 Å². The highest BCUT2D eigenvalue weighted by Crippen LogP contribution is 2.22. The van der Waals surface area contributed by atoms with Crippen molar-refractivity contribution in [3.63, 3.8) is 0 Å². The molecule has 2 heterocycles. The van der Waals surface area contributed by atoms with Gasteiger partial charge in [-0.15, -0.1) is 0 Å². The molecular weight excluding hydrogens is 382 g/mol. The third-order valence-electron chi connectivity index (χ3n) is 5.17. The summed E-state index contributed by atoms with van der Waals surface area (Å²) in [6, 6.07) is 17.3. The van der Waals surface area contributed by atoms with Crippen molar-refractivity contribution in [2.45, 2.75) is 13.5 Å². The van der Waals surface area contributed by atoms with Crippen molar-refractivity contribution in [2.75, 3.05) is 0 Å². The number of nitrogens with one attached hydrogen (secondary N) is 1. The Morgan fingerprint density at radius 1 is 1.10 bits per heavy atom. The average molecular weight is 401 g/mol. The van der Waals surface area contributed by atoms with Crippen LogP contribution in [0.1, 0.15) is 11.4 Å². The molecule has 4 rings (SSSR count). The first-order valence-electron chi connectivity index (χ1n) is 9.31. The fourth-order valence-corrected chi connectivity index (χ4v) is 3.41. The molecule has 0 aliphatic heterocycles. The molecule has 0 radical (unpaired) electrons. The van der Waals surface area contributed by atoms with Gasteiger partial charge in [0.2, 0.25) is 0 Å². The Bertz CT molecular complexity index is 1390. The third kappa shape index (κ3) is 3.28. The van der Waals surface area contributed by atoms with E-state index in [1.54, 1.807) is 36.7 Å². The number of nitro benzene ring substituents is 1. The van der Waals surface area contributed by atoms with Crippen LogP contribution in [0, 0.1) is 22.4 Å². The number of aryl methyl sites for hydroxylation is 1. The number of nitrogens with zero attached hydrogens (tertiary/aromatic N) is 4. The maximum Gasteiger partial charge on any atom is 0.269 e. The Balaban J connectivity index is 2.02. The van der Waals surface area contributed by atoms with Gasteiger partial charge in [0, 0.05) is 24.7 Å². The molecule has 0 unspecified atom stereocenters. The van der Waals surface area contributed by atoms with Crippen molar-refractivity contribution in [1.82, 2.24) is 14.1 Å². The van der Waals surface area contributed by atoms with Gasteiger partial charge in [-0.1, -0.05) is 30.3 Å². The van der Waals surface area contributed by atoms with Gasteiger partial charge < -0.3 is 4.57 Å². The molecular formula is C22H19N5O3. The second kappa shape index (κ2) is 7.40. The van der Waals surface area contributed by atoms with Crippen molar-refractivity contribution in [2.24, 2.45) is 7.05 Å². The lowest BCUT2D eigenvalue weighted by Crippen LogP contribution is -2.29. The maximum absolute atomic E-state index is 13.0. The van der Waals surface area contributed by atoms with Crippen LogP contribution in [0.3, 0.4) is 0 Å². The summed E-state index contributed by atoms with van der Waals surface area (Å²) in [6.07, 6.45) is 0. The fraction of sp³-hybridized carbons (Fsp3) is 0.136. The van der Waals surface area contributed by atoms with Crippen molar-refractivity contribution in [3.8, 4) is 11.1 Å². The Morgan fingerprint density at radius 3 is 2.40 bits per heavy atom. The van der Waals surface area contributed by atoms with Crippen LogP contribution in [0.15, 0.2) is 65.5 Å². The Hall–Kier alpha value is -4.07. The molecule has 150 valence electrons. The number of fused-ring (bicyclic) bond motifs is 1. The quantitative estimate of drug-likeness (QED) is 0.419. The Kier molecular flexibility index (Phi) is 4.75. The molecule has 8 nitrogen and oxygen atoms in total. The molecule has 8 heteroatoms. The topological polar surface area (TPSA) is 107 Å². The average Bonchev–Trinajstić information content (AvgIpc) is 2.75. The van der Waals surface area contributed by atoms with Gasteiger partial charge >= 0.3 is 0 Å². The predicted molar refractivity (Wildman–Crippen MR) is 113 cm³/mol. The van der Waals surface area contributed by atoms with Crippen molar-refractivity contribution in [1.29, 1.82) is 5.41 Å². The van der Waals surface area contributed by atoms with Crippen LogP contribution >= 0.6 is 0 Å². The second-order valence-corrected chi connectivity index (χ2v) is 7.04. The van der Waals surface area contributed by atoms with E-state index >= 15 is 0 Å². The van der Waals surface area contributed by atoms with Crippen LogP contribution in [0.25, 0.3) is 22.2 Å². The van der Waals surface area contributed by atoms with E-state index in [0.29, 0.717) is 34.5 Å². The van der Waals surface area contributed by atoms with Crippen molar-refractivity contribution >= 4 is 16.7 Å². The van der Waals surface area contributed by atoms with Gasteiger partial charge in [0.25, 0.3) is 11.2 Å². The lowest BCUT2D eigenvalue weighted by Gasteiger charge is -2.16. The Labute approximate surface area is 171 Å². The van der Waals surface area contributed by atoms with Gasteiger partial charge in [-0.25, -0.2) is 4.98 Å². The van der Waals surface area contributed by atoms with Crippen LogP contribution in [-0.2, 0) is 13.6 Å². The number of aromatic nitrogens is 3. The molecule has 0 aliphatic rings. The molecule has 4 aromatic rings. The van der Waals surface area contributed by atoms with E-state index in [4.69, 9.17) is 5.41 Å². The first-order chi connectivity index (χ1) is 14.4. The van der Waals surface area contributed by atoms with Crippen LogP contribution < -0.4 is 11.0 Å².